The number of carboxylic acids is 1. The third-order valence-corrected chi connectivity index (χ3v) is 5.91. The number of pyridine rings is 1. The topological polar surface area (TPSA) is 130 Å². The lowest BCUT2D eigenvalue weighted by molar-refractivity contribution is -0.138. The van der Waals surface area contributed by atoms with Gasteiger partial charge < -0.3 is 20.5 Å². The van der Waals surface area contributed by atoms with E-state index in [1.54, 1.807) is 35.4 Å². The normalized spacial score (nSPS) is 17.4. The number of ether oxygens (including phenoxy) is 1. The van der Waals surface area contributed by atoms with Crippen LogP contribution in [-0.4, -0.2) is 51.9 Å². The fourth-order valence-electron chi connectivity index (χ4n) is 4.20. The summed E-state index contributed by atoms with van der Waals surface area (Å²) in [5.74, 6) is -0.458. The number of amidine groups is 1. The Morgan fingerprint density at radius 2 is 1.79 bits per heavy atom. The van der Waals surface area contributed by atoms with E-state index < -0.39 is 5.97 Å². The first-order valence-electron chi connectivity index (χ1n) is 11.0. The first kappa shape index (κ1) is 23.0. The van der Waals surface area contributed by atoms with Gasteiger partial charge in [-0.15, -0.1) is 0 Å². The largest absolute Gasteiger partial charge is 0.491 e. The summed E-state index contributed by atoms with van der Waals surface area (Å²) in [6.07, 6.45) is 2.17. The predicted octanol–water partition coefficient (Wildman–Crippen LogP) is 3.42. The number of likely N-dealkylation sites (tertiary alicyclic amines) is 1. The fraction of sp³-hybridized carbons (Fsp3) is 0.231. The summed E-state index contributed by atoms with van der Waals surface area (Å²) in [5, 5.41) is 16.7. The van der Waals surface area contributed by atoms with Crippen LogP contribution in [0.15, 0.2) is 72.9 Å². The summed E-state index contributed by atoms with van der Waals surface area (Å²) in [6.45, 7) is 0.675. The number of hydrogen-bond donors (Lipinski definition) is 3. The van der Waals surface area contributed by atoms with E-state index in [9.17, 15) is 14.7 Å². The minimum Gasteiger partial charge on any atom is -0.491 e. The van der Waals surface area contributed by atoms with Gasteiger partial charge in [-0.2, -0.15) is 0 Å². The van der Waals surface area contributed by atoms with Crippen molar-refractivity contribution in [3.05, 3.63) is 84.1 Å². The number of benzene rings is 2. The van der Waals surface area contributed by atoms with Crippen LogP contribution in [0, 0.1) is 11.3 Å². The van der Waals surface area contributed by atoms with E-state index >= 15 is 0 Å². The highest BCUT2D eigenvalue weighted by Crippen LogP contribution is 2.29. The molecule has 0 saturated carbocycles. The van der Waals surface area contributed by atoms with Crippen LogP contribution in [0.5, 0.6) is 5.75 Å². The lowest BCUT2D eigenvalue weighted by atomic mass is 10.0. The summed E-state index contributed by atoms with van der Waals surface area (Å²) < 4.78 is 5.99. The third-order valence-electron chi connectivity index (χ3n) is 5.91. The smallest absolute Gasteiger partial charge is 0.303 e. The highest BCUT2D eigenvalue weighted by Gasteiger charge is 2.37. The van der Waals surface area contributed by atoms with Crippen LogP contribution in [0.4, 0.5) is 0 Å². The third kappa shape index (κ3) is 5.40. The van der Waals surface area contributed by atoms with Crippen molar-refractivity contribution in [1.29, 1.82) is 5.41 Å². The number of hydrogen-bond acceptors (Lipinski definition) is 5. The number of rotatable bonds is 8. The zero-order valence-corrected chi connectivity index (χ0v) is 18.6. The van der Waals surface area contributed by atoms with Crippen molar-refractivity contribution in [3.8, 4) is 17.0 Å². The van der Waals surface area contributed by atoms with Crippen LogP contribution in [0.2, 0.25) is 0 Å². The number of nitrogen functional groups attached to an aromatic ring is 1. The number of nitrogens with two attached hydrogens (primary N) is 1. The summed E-state index contributed by atoms with van der Waals surface area (Å²) in [5.41, 5.74) is 8.27. The Morgan fingerprint density at radius 1 is 1.06 bits per heavy atom. The van der Waals surface area contributed by atoms with Gasteiger partial charge in [-0.05, 0) is 60.9 Å². The van der Waals surface area contributed by atoms with Gasteiger partial charge in [0, 0.05) is 35.9 Å². The molecule has 0 aliphatic carbocycles. The molecule has 0 spiro atoms. The molecule has 1 aliphatic heterocycles. The predicted molar refractivity (Wildman–Crippen MR) is 128 cm³/mol. The Balaban J connectivity index is 1.43. The lowest BCUT2D eigenvalue weighted by Gasteiger charge is -2.25. The highest BCUT2D eigenvalue weighted by atomic mass is 16.5. The van der Waals surface area contributed by atoms with Gasteiger partial charge in [0.2, 0.25) is 0 Å². The van der Waals surface area contributed by atoms with E-state index in [1.807, 2.05) is 42.5 Å². The minimum atomic E-state index is -0.862. The molecule has 1 saturated heterocycles. The molecule has 34 heavy (non-hydrogen) atoms. The molecule has 8 nitrogen and oxygen atoms in total. The van der Waals surface area contributed by atoms with Gasteiger partial charge >= 0.3 is 5.97 Å². The van der Waals surface area contributed by atoms with E-state index in [0.717, 1.165) is 11.3 Å². The first-order valence-corrected chi connectivity index (χ1v) is 11.0. The Morgan fingerprint density at radius 3 is 2.41 bits per heavy atom. The SMILES string of the molecule is N=C(N)c1ccc(-c2ccc(OC[C@@H]3C[C@@H](CC(=O)O)CN3C(=O)c3ccccc3)cc2)nc1. The molecule has 1 aromatic heterocycles. The summed E-state index contributed by atoms with van der Waals surface area (Å²) in [6, 6.07) is 19.8. The van der Waals surface area contributed by atoms with Crippen LogP contribution in [-0.2, 0) is 4.79 Å². The molecule has 0 unspecified atom stereocenters. The van der Waals surface area contributed by atoms with Crippen molar-refractivity contribution < 1.29 is 19.4 Å². The average Bonchev–Trinajstić information content (AvgIpc) is 3.25. The number of amides is 1. The molecule has 0 radical (unpaired) electrons. The molecule has 3 aromatic rings. The van der Waals surface area contributed by atoms with Gasteiger partial charge in [0.25, 0.3) is 5.91 Å². The van der Waals surface area contributed by atoms with Crippen LogP contribution in [0.1, 0.15) is 28.8 Å². The number of aliphatic carboxylic acids is 1. The van der Waals surface area contributed by atoms with Crippen molar-refractivity contribution >= 4 is 17.7 Å². The standard InChI is InChI=1S/C26H26N4O4/c27-25(28)20-8-11-23(29-14-20)18-6-9-22(10-7-18)34-16-21-12-17(13-24(31)32)15-30(21)26(33)19-4-2-1-3-5-19/h1-11,14,17,21H,12-13,15-16H2,(H3,27,28)(H,31,32)/t17-,21-/m0/s1. The second-order valence-corrected chi connectivity index (χ2v) is 8.36. The molecule has 8 heteroatoms. The average molecular weight is 459 g/mol. The Hall–Kier alpha value is -4.20. The number of nitrogens with zero attached hydrogens (tertiary/aromatic N) is 2. The molecule has 174 valence electrons. The Bertz CT molecular complexity index is 1160. The maximum absolute atomic E-state index is 13.1. The summed E-state index contributed by atoms with van der Waals surface area (Å²) >= 11 is 0. The van der Waals surface area contributed by atoms with E-state index in [2.05, 4.69) is 4.98 Å². The van der Waals surface area contributed by atoms with Crippen LogP contribution in [0.3, 0.4) is 0 Å². The van der Waals surface area contributed by atoms with E-state index in [0.29, 0.717) is 29.8 Å². The van der Waals surface area contributed by atoms with Gasteiger partial charge in [-0.1, -0.05) is 18.2 Å². The van der Waals surface area contributed by atoms with Crippen molar-refractivity contribution in [1.82, 2.24) is 9.88 Å². The molecule has 1 amide bonds. The molecular weight excluding hydrogens is 432 g/mol. The molecule has 1 aliphatic rings. The lowest BCUT2D eigenvalue weighted by Crippen LogP contribution is -2.39. The van der Waals surface area contributed by atoms with Crippen LogP contribution >= 0.6 is 0 Å². The van der Waals surface area contributed by atoms with Crippen LogP contribution in [0.25, 0.3) is 11.3 Å². The number of carbonyl (C=O) groups is 2. The number of carbonyl (C=O) groups excluding carboxylic acids is 1. The molecule has 0 bridgehead atoms. The van der Waals surface area contributed by atoms with Gasteiger partial charge in [0.05, 0.1) is 11.7 Å². The quantitative estimate of drug-likeness (QED) is 0.350. The molecule has 2 atom stereocenters. The fourth-order valence-corrected chi connectivity index (χ4v) is 4.20. The summed E-state index contributed by atoms with van der Waals surface area (Å²) in [4.78, 5) is 30.4. The van der Waals surface area contributed by atoms with E-state index in [4.69, 9.17) is 15.9 Å². The van der Waals surface area contributed by atoms with E-state index in [-0.39, 0.29) is 36.7 Å². The zero-order chi connectivity index (χ0) is 24.1. The molecule has 1 fully saturated rings. The van der Waals surface area contributed by atoms with Gasteiger partial charge in [-0.25, -0.2) is 0 Å². The second-order valence-electron chi connectivity index (χ2n) is 8.36. The molecular formula is C26H26N4O4. The maximum atomic E-state index is 13.1. The van der Waals surface area contributed by atoms with Gasteiger partial charge in [-0.3, -0.25) is 20.0 Å². The maximum Gasteiger partial charge on any atom is 0.303 e. The van der Waals surface area contributed by atoms with Gasteiger partial charge in [0.15, 0.2) is 0 Å². The minimum absolute atomic E-state index is 0.0270. The number of nitrogens with one attached hydrogen (secondary N) is 1. The van der Waals surface area contributed by atoms with Crippen LogP contribution < -0.4 is 10.5 Å². The summed E-state index contributed by atoms with van der Waals surface area (Å²) in [7, 11) is 0. The molecule has 4 N–H and O–H groups in total. The monoisotopic (exact) mass is 458 g/mol. The zero-order valence-electron chi connectivity index (χ0n) is 18.6. The molecule has 2 heterocycles. The Kier molecular flexibility index (Phi) is 6.87. The first-order chi connectivity index (χ1) is 16.4. The highest BCUT2D eigenvalue weighted by molar-refractivity contribution is 5.95. The van der Waals surface area contributed by atoms with Crippen molar-refractivity contribution in [3.63, 3.8) is 0 Å². The Labute approximate surface area is 197 Å². The number of aromatic nitrogens is 1. The van der Waals surface area contributed by atoms with Crippen molar-refractivity contribution in [2.45, 2.75) is 18.9 Å². The molecule has 2 aromatic carbocycles. The molecule has 4 rings (SSSR count). The second kappa shape index (κ2) is 10.2. The van der Waals surface area contributed by atoms with Crippen molar-refractivity contribution in [2.75, 3.05) is 13.2 Å². The number of carboxylic acid groups (broad SMARTS) is 1. The van der Waals surface area contributed by atoms with E-state index in [1.165, 1.54) is 0 Å². The van der Waals surface area contributed by atoms with Gasteiger partial charge in [0.1, 0.15) is 18.2 Å². The van der Waals surface area contributed by atoms with Crippen molar-refractivity contribution in [2.24, 2.45) is 11.7 Å².